The quantitative estimate of drug-likeness (QED) is 0.723. The van der Waals surface area contributed by atoms with Crippen molar-refractivity contribution in [2.75, 3.05) is 13.2 Å². The van der Waals surface area contributed by atoms with E-state index < -0.39 is 0 Å². The van der Waals surface area contributed by atoms with Gasteiger partial charge in [0.1, 0.15) is 0 Å². The van der Waals surface area contributed by atoms with Gasteiger partial charge in [0.15, 0.2) is 0 Å². The van der Waals surface area contributed by atoms with Gasteiger partial charge in [-0.05, 0) is 31.5 Å². The number of nitrogens with one attached hydrogen (secondary N) is 2. The zero-order chi connectivity index (χ0) is 14.1. The predicted octanol–water partition coefficient (Wildman–Crippen LogP) is 1.80. The first-order valence-corrected chi connectivity index (χ1v) is 6.41. The second-order valence-electron chi connectivity index (χ2n) is 4.12. The smallest absolute Gasteiger partial charge is 0.315 e. The van der Waals surface area contributed by atoms with Gasteiger partial charge in [-0.2, -0.15) is 0 Å². The van der Waals surface area contributed by atoms with Crippen molar-refractivity contribution in [3.8, 4) is 11.8 Å². The summed E-state index contributed by atoms with van der Waals surface area (Å²) in [7, 11) is 0. The second-order valence-corrected chi connectivity index (χ2v) is 4.12. The van der Waals surface area contributed by atoms with Crippen LogP contribution < -0.4 is 10.6 Å². The molecule has 1 aromatic carbocycles. The zero-order valence-electron chi connectivity index (χ0n) is 11.4. The molecule has 1 rings (SSSR count). The molecule has 4 heteroatoms. The largest absolute Gasteiger partial charge is 0.395 e. The molecule has 3 N–H and O–H groups in total. The fourth-order valence-corrected chi connectivity index (χ4v) is 1.57. The normalized spacial score (nSPS) is 11.1. The SMILES string of the molecule is CCNC(=O)NC(C)c1ccc(C#CCCO)cc1. The topological polar surface area (TPSA) is 61.4 Å². The fourth-order valence-electron chi connectivity index (χ4n) is 1.57. The minimum Gasteiger partial charge on any atom is -0.395 e. The van der Waals surface area contributed by atoms with E-state index in [2.05, 4.69) is 22.5 Å². The van der Waals surface area contributed by atoms with E-state index >= 15 is 0 Å². The summed E-state index contributed by atoms with van der Waals surface area (Å²) in [5.41, 5.74) is 1.93. The van der Waals surface area contributed by atoms with Gasteiger partial charge in [0.2, 0.25) is 0 Å². The number of aliphatic hydroxyl groups is 1. The van der Waals surface area contributed by atoms with Crippen LogP contribution in [0.2, 0.25) is 0 Å². The highest BCUT2D eigenvalue weighted by Crippen LogP contribution is 2.12. The summed E-state index contributed by atoms with van der Waals surface area (Å²) in [5, 5.41) is 14.2. The minimum atomic E-state index is -0.165. The highest BCUT2D eigenvalue weighted by molar-refractivity contribution is 5.74. The Bertz CT molecular complexity index is 457. The molecule has 0 aliphatic heterocycles. The van der Waals surface area contributed by atoms with Gasteiger partial charge in [0.25, 0.3) is 0 Å². The number of hydrogen-bond donors (Lipinski definition) is 3. The van der Waals surface area contributed by atoms with Crippen molar-refractivity contribution in [2.24, 2.45) is 0 Å². The molecule has 4 nitrogen and oxygen atoms in total. The Labute approximate surface area is 114 Å². The summed E-state index contributed by atoms with van der Waals surface area (Å²) in [6.45, 7) is 4.50. The minimum absolute atomic E-state index is 0.0500. The van der Waals surface area contributed by atoms with Gasteiger partial charge < -0.3 is 15.7 Å². The number of aliphatic hydroxyl groups excluding tert-OH is 1. The first kappa shape index (κ1) is 15.1. The summed E-state index contributed by atoms with van der Waals surface area (Å²) in [5.74, 6) is 5.83. The molecule has 0 aromatic heterocycles. The van der Waals surface area contributed by atoms with Gasteiger partial charge in [-0.3, -0.25) is 0 Å². The predicted molar refractivity (Wildman–Crippen MR) is 75.6 cm³/mol. The highest BCUT2D eigenvalue weighted by atomic mass is 16.2. The number of rotatable bonds is 4. The lowest BCUT2D eigenvalue weighted by Gasteiger charge is -2.14. The van der Waals surface area contributed by atoms with E-state index in [1.165, 1.54) is 0 Å². The first-order chi connectivity index (χ1) is 9.17. The number of amides is 2. The molecular formula is C15H20N2O2. The van der Waals surface area contributed by atoms with Crippen molar-refractivity contribution in [1.82, 2.24) is 10.6 Å². The molecule has 0 bridgehead atoms. The highest BCUT2D eigenvalue weighted by Gasteiger charge is 2.07. The third-order valence-electron chi connectivity index (χ3n) is 2.57. The van der Waals surface area contributed by atoms with E-state index in [0.29, 0.717) is 13.0 Å². The van der Waals surface area contributed by atoms with Crippen LogP contribution in [0.1, 0.15) is 37.4 Å². The molecule has 0 aliphatic rings. The molecule has 102 valence electrons. The van der Waals surface area contributed by atoms with E-state index in [-0.39, 0.29) is 18.7 Å². The van der Waals surface area contributed by atoms with E-state index in [4.69, 9.17) is 5.11 Å². The summed E-state index contributed by atoms with van der Waals surface area (Å²) in [4.78, 5) is 11.4. The zero-order valence-corrected chi connectivity index (χ0v) is 11.4. The van der Waals surface area contributed by atoms with E-state index in [0.717, 1.165) is 11.1 Å². The van der Waals surface area contributed by atoms with Crippen LogP contribution in [0.3, 0.4) is 0 Å². The van der Waals surface area contributed by atoms with Gasteiger partial charge in [0.05, 0.1) is 12.6 Å². The summed E-state index contributed by atoms with van der Waals surface area (Å²) >= 11 is 0. The molecule has 0 heterocycles. The molecule has 0 fully saturated rings. The second kappa shape index (κ2) is 8.17. The Morgan fingerprint density at radius 2 is 2.05 bits per heavy atom. The Morgan fingerprint density at radius 3 is 2.63 bits per heavy atom. The van der Waals surface area contributed by atoms with Gasteiger partial charge in [-0.25, -0.2) is 4.79 Å². The Hall–Kier alpha value is -1.99. The maximum Gasteiger partial charge on any atom is 0.315 e. The van der Waals surface area contributed by atoms with E-state index in [1.807, 2.05) is 38.1 Å². The summed E-state index contributed by atoms with van der Waals surface area (Å²) in [6.07, 6.45) is 0.483. The average molecular weight is 260 g/mol. The lowest BCUT2D eigenvalue weighted by atomic mass is 10.1. The van der Waals surface area contributed by atoms with Crippen molar-refractivity contribution >= 4 is 6.03 Å². The molecule has 2 amide bonds. The standard InChI is InChI=1S/C15H20N2O2/c1-3-16-15(19)17-12(2)14-9-7-13(8-10-14)6-4-5-11-18/h7-10,12,18H,3,5,11H2,1-2H3,(H2,16,17,19). The van der Waals surface area contributed by atoms with Crippen LogP contribution >= 0.6 is 0 Å². The summed E-state index contributed by atoms with van der Waals surface area (Å²) < 4.78 is 0. The van der Waals surface area contributed by atoms with Crippen LogP contribution in [-0.2, 0) is 0 Å². The third kappa shape index (κ3) is 5.45. The van der Waals surface area contributed by atoms with Gasteiger partial charge in [-0.15, -0.1) is 0 Å². The molecule has 0 aliphatic carbocycles. The van der Waals surface area contributed by atoms with E-state index in [9.17, 15) is 4.79 Å². The number of carbonyl (C=O) groups is 1. The van der Waals surface area contributed by atoms with Crippen LogP contribution in [0.4, 0.5) is 4.79 Å². The van der Waals surface area contributed by atoms with E-state index in [1.54, 1.807) is 0 Å². The number of carbonyl (C=O) groups excluding carboxylic acids is 1. The van der Waals surface area contributed by atoms with Crippen molar-refractivity contribution in [3.05, 3.63) is 35.4 Å². The molecule has 0 saturated carbocycles. The van der Waals surface area contributed by atoms with Crippen molar-refractivity contribution < 1.29 is 9.90 Å². The van der Waals surface area contributed by atoms with Crippen LogP contribution in [0.15, 0.2) is 24.3 Å². The van der Waals surface area contributed by atoms with Crippen molar-refractivity contribution in [3.63, 3.8) is 0 Å². The van der Waals surface area contributed by atoms with Crippen LogP contribution in [0, 0.1) is 11.8 Å². The molecule has 0 radical (unpaired) electrons. The molecule has 0 saturated heterocycles. The number of urea groups is 1. The monoisotopic (exact) mass is 260 g/mol. The average Bonchev–Trinajstić information content (AvgIpc) is 2.40. The Kier molecular flexibility index (Phi) is 6.48. The number of benzene rings is 1. The van der Waals surface area contributed by atoms with Gasteiger partial charge in [0, 0.05) is 18.5 Å². The lowest BCUT2D eigenvalue weighted by Crippen LogP contribution is -2.36. The van der Waals surface area contributed by atoms with Crippen LogP contribution in [0.25, 0.3) is 0 Å². The molecule has 19 heavy (non-hydrogen) atoms. The third-order valence-corrected chi connectivity index (χ3v) is 2.57. The lowest BCUT2D eigenvalue weighted by molar-refractivity contribution is 0.238. The molecule has 1 unspecified atom stereocenters. The maximum absolute atomic E-state index is 11.4. The van der Waals surface area contributed by atoms with Crippen molar-refractivity contribution in [1.29, 1.82) is 0 Å². The van der Waals surface area contributed by atoms with Crippen LogP contribution in [0.5, 0.6) is 0 Å². The maximum atomic E-state index is 11.4. The first-order valence-electron chi connectivity index (χ1n) is 6.41. The molecular weight excluding hydrogens is 240 g/mol. The van der Waals surface area contributed by atoms with Gasteiger partial charge in [-0.1, -0.05) is 24.0 Å². The number of hydrogen-bond acceptors (Lipinski definition) is 2. The fraction of sp³-hybridized carbons (Fsp3) is 0.400. The Balaban J connectivity index is 2.61. The Morgan fingerprint density at radius 1 is 1.37 bits per heavy atom. The molecule has 1 atom stereocenters. The molecule has 0 spiro atoms. The molecule has 1 aromatic rings. The van der Waals surface area contributed by atoms with Gasteiger partial charge >= 0.3 is 6.03 Å². The van der Waals surface area contributed by atoms with Crippen LogP contribution in [-0.4, -0.2) is 24.3 Å². The summed E-state index contributed by atoms with van der Waals surface area (Å²) in [6, 6.07) is 7.50. The van der Waals surface area contributed by atoms with Crippen molar-refractivity contribution in [2.45, 2.75) is 26.3 Å².